The molecule has 2 amide bonds. The number of nitrogens with zero attached hydrogens (tertiary/aromatic N) is 1. The minimum atomic E-state index is -0.655. The Bertz CT molecular complexity index is 672. The van der Waals surface area contributed by atoms with Gasteiger partial charge in [0.2, 0.25) is 0 Å². The molecule has 0 saturated carbocycles. The third kappa shape index (κ3) is 2.83. The second-order valence-electron chi connectivity index (χ2n) is 4.25. The van der Waals surface area contributed by atoms with Gasteiger partial charge in [-0.05, 0) is 24.3 Å². The Morgan fingerprint density at radius 3 is 2.29 bits per heavy atom. The maximum absolute atomic E-state index is 12.5. The third-order valence-corrected chi connectivity index (χ3v) is 2.94. The van der Waals surface area contributed by atoms with Gasteiger partial charge in [-0.15, -0.1) is 0 Å². The second-order valence-corrected chi connectivity index (χ2v) is 4.25. The molecule has 0 fully saturated rings. The van der Waals surface area contributed by atoms with Crippen LogP contribution in [0.5, 0.6) is 0 Å². The monoisotopic (exact) mass is 285 g/mol. The first kappa shape index (κ1) is 14.5. The van der Waals surface area contributed by atoms with E-state index in [0.717, 1.165) is 5.01 Å². The lowest BCUT2D eigenvalue weighted by Crippen LogP contribution is -2.39. The van der Waals surface area contributed by atoms with Crippen molar-refractivity contribution >= 4 is 23.2 Å². The van der Waals surface area contributed by atoms with Crippen molar-refractivity contribution in [1.29, 1.82) is 0 Å². The number of nitrogens with one attached hydrogen (secondary N) is 1. The lowest BCUT2D eigenvalue weighted by molar-refractivity contribution is 0.0934. The van der Waals surface area contributed by atoms with E-state index in [9.17, 15) is 9.59 Å². The number of nitrogens with two attached hydrogens (primary N) is 3. The number of nitrogen functional groups attached to an aromatic ring is 2. The predicted octanol–water partition coefficient (Wildman–Crippen LogP) is 0.393. The highest BCUT2D eigenvalue weighted by molar-refractivity contribution is 6.14. The summed E-state index contributed by atoms with van der Waals surface area (Å²) in [6.07, 6.45) is 0. The molecular weight excluding hydrogens is 270 g/mol. The lowest BCUT2D eigenvalue weighted by Gasteiger charge is -2.18. The highest BCUT2D eigenvalue weighted by atomic mass is 16.2. The minimum Gasteiger partial charge on any atom is -0.398 e. The third-order valence-electron chi connectivity index (χ3n) is 2.94. The van der Waals surface area contributed by atoms with Gasteiger partial charge in [0.05, 0.1) is 16.8 Å². The van der Waals surface area contributed by atoms with E-state index in [2.05, 4.69) is 0 Å². The van der Waals surface area contributed by atoms with Crippen LogP contribution in [0, 0.1) is 0 Å². The predicted molar refractivity (Wildman–Crippen MR) is 79.9 cm³/mol. The van der Waals surface area contributed by atoms with Gasteiger partial charge in [0, 0.05) is 5.69 Å². The molecule has 108 valence electrons. The summed E-state index contributed by atoms with van der Waals surface area (Å²) in [5, 5.41) is 0.946. The van der Waals surface area contributed by atoms with Crippen LogP contribution in [0.4, 0.5) is 11.4 Å². The molecule has 7 heteroatoms. The first-order chi connectivity index (χ1) is 10.1. The summed E-state index contributed by atoms with van der Waals surface area (Å²) in [5.74, 6) is 9.71. The fourth-order valence-electron chi connectivity index (χ4n) is 1.91. The van der Waals surface area contributed by atoms with Crippen molar-refractivity contribution in [1.82, 2.24) is 5.43 Å². The topological polar surface area (TPSA) is 127 Å². The van der Waals surface area contributed by atoms with E-state index in [-0.39, 0.29) is 16.8 Å². The fraction of sp³-hybridized carbons (Fsp3) is 0. The Labute approximate surface area is 121 Å². The van der Waals surface area contributed by atoms with Crippen molar-refractivity contribution in [3.05, 3.63) is 59.7 Å². The highest BCUT2D eigenvalue weighted by Gasteiger charge is 2.22. The molecule has 0 saturated heterocycles. The average molecular weight is 285 g/mol. The first-order valence-electron chi connectivity index (χ1n) is 6.10. The smallest absolute Gasteiger partial charge is 0.273 e. The van der Waals surface area contributed by atoms with Crippen molar-refractivity contribution in [2.24, 2.45) is 11.7 Å². The number of benzene rings is 2. The molecule has 0 aliphatic carbocycles. The molecule has 0 radical (unpaired) electrons. The number of para-hydroxylation sites is 1. The number of carbonyl (C=O) groups is 2. The molecule has 0 unspecified atom stereocenters. The molecule has 0 atom stereocenters. The van der Waals surface area contributed by atoms with Crippen molar-refractivity contribution in [3.63, 3.8) is 0 Å². The maximum atomic E-state index is 12.5. The Kier molecular flexibility index (Phi) is 4.17. The van der Waals surface area contributed by atoms with E-state index >= 15 is 0 Å². The molecule has 2 rings (SSSR count). The SMILES string of the molecule is NNC(=O)c1c(N)cccc1C(=O)N(N)c1ccccc1. The van der Waals surface area contributed by atoms with Crippen LogP contribution in [0.1, 0.15) is 20.7 Å². The van der Waals surface area contributed by atoms with Crippen molar-refractivity contribution in [2.75, 3.05) is 10.7 Å². The van der Waals surface area contributed by atoms with E-state index in [1.807, 2.05) is 5.43 Å². The highest BCUT2D eigenvalue weighted by Crippen LogP contribution is 2.20. The summed E-state index contributed by atoms with van der Waals surface area (Å²) in [6.45, 7) is 0. The normalized spacial score (nSPS) is 10.0. The number of anilines is 2. The summed E-state index contributed by atoms with van der Waals surface area (Å²) < 4.78 is 0. The van der Waals surface area contributed by atoms with E-state index in [1.165, 1.54) is 12.1 Å². The summed E-state index contributed by atoms with van der Waals surface area (Å²) >= 11 is 0. The van der Waals surface area contributed by atoms with Gasteiger partial charge in [-0.25, -0.2) is 16.7 Å². The zero-order valence-corrected chi connectivity index (χ0v) is 11.1. The molecule has 0 spiro atoms. The molecule has 2 aromatic rings. The van der Waals surface area contributed by atoms with E-state index in [1.54, 1.807) is 36.4 Å². The van der Waals surface area contributed by atoms with Gasteiger partial charge in [0.25, 0.3) is 11.8 Å². The quantitative estimate of drug-likeness (QED) is 0.281. The Balaban J connectivity index is 2.45. The molecule has 0 aliphatic heterocycles. The minimum absolute atomic E-state index is 0.00335. The molecule has 0 bridgehead atoms. The van der Waals surface area contributed by atoms with E-state index < -0.39 is 11.8 Å². The van der Waals surface area contributed by atoms with E-state index in [4.69, 9.17) is 17.4 Å². The zero-order valence-electron chi connectivity index (χ0n) is 11.1. The summed E-state index contributed by atoms with van der Waals surface area (Å²) in [6, 6.07) is 13.2. The fourth-order valence-corrected chi connectivity index (χ4v) is 1.91. The summed E-state index contributed by atoms with van der Waals surface area (Å²) in [4.78, 5) is 24.3. The van der Waals surface area contributed by atoms with Crippen LogP contribution >= 0.6 is 0 Å². The van der Waals surface area contributed by atoms with Crippen molar-refractivity contribution in [2.45, 2.75) is 0 Å². The van der Waals surface area contributed by atoms with Gasteiger partial charge >= 0.3 is 0 Å². The van der Waals surface area contributed by atoms with Gasteiger partial charge in [0.15, 0.2) is 0 Å². The van der Waals surface area contributed by atoms with Crippen molar-refractivity contribution < 1.29 is 9.59 Å². The second kappa shape index (κ2) is 6.04. The molecule has 21 heavy (non-hydrogen) atoms. The van der Waals surface area contributed by atoms with Gasteiger partial charge in [-0.3, -0.25) is 15.0 Å². The number of hydrogen-bond acceptors (Lipinski definition) is 5. The van der Waals surface area contributed by atoms with Crippen LogP contribution in [-0.2, 0) is 0 Å². The molecule has 7 nitrogen and oxygen atoms in total. The maximum Gasteiger partial charge on any atom is 0.273 e. The average Bonchev–Trinajstić information content (AvgIpc) is 2.53. The van der Waals surface area contributed by atoms with Crippen LogP contribution in [0.15, 0.2) is 48.5 Å². The van der Waals surface area contributed by atoms with Crippen LogP contribution in [0.2, 0.25) is 0 Å². The zero-order chi connectivity index (χ0) is 15.4. The number of hydrogen-bond donors (Lipinski definition) is 4. The number of carbonyl (C=O) groups excluding carboxylic acids is 2. The number of rotatable bonds is 3. The van der Waals surface area contributed by atoms with Crippen LogP contribution < -0.4 is 27.9 Å². The summed E-state index contributed by atoms with van der Waals surface area (Å²) in [5.41, 5.74) is 8.42. The standard InChI is InChI=1S/C14H15N5O2/c15-11-8-4-7-10(12(11)13(20)18-16)14(21)19(17)9-5-2-1-3-6-9/h1-8H,15-17H2,(H,18,20). The van der Waals surface area contributed by atoms with Crippen LogP contribution in [-0.4, -0.2) is 11.8 Å². The van der Waals surface area contributed by atoms with Crippen molar-refractivity contribution in [3.8, 4) is 0 Å². The molecule has 0 aromatic heterocycles. The van der Waals surface area contributed by atoms with Crippen LogP contribution in [0.25, 0.3) is 0 Å². The number of hydrazine groups is 2. The molecule has 2 aromatic carbocycles. The molecule has 7 N–H and O–H groups in total. The van der Waals surface area contributed by atoms with E-state index in [0.29, 0.717) is 5.69 Å². The molecule has 0 heterocycles. The Hall–Kier alpha value is -2.90. The Morgan fingerprint density at radius 2 is 1.67 bits per heavy atom. The lowest BCUT2D eigenvalue weighted by atomic mass is 10.0. The molecular formula is C14H15N5O2. The molecule has 0 aliphatic rings. The van der Waals surface area contributed by atoms with Gasteiger partial charge < -0.3 is 5.73 Å². The van der Waals surface area contributed by atoms with Gasteiger partial charge in [-0.1, -0.05) is 24.3 Å². The Morgan fingerprint density at radius 1 is 1.00 bits per heavy atom. The largest absolute Gasteiger partial charge is 0.398 e. The van der Waals surface area contributed by atoms with Crippen LogP contribution in [0.3, 0.4) is 0 Å². The summed E-state index contributed by atoms with van der Waals surface area (Å²) in [7, 11) is 0. The number of amides is 2. The van der Waals surface area contributed by atoms with Gasteiger partial charge in [-0.2, -0.15) is 0 Å². The van der Waals surface area contributed by atoms with Gasteiger partial charge in [0.1, 0.15) is 0 Å². The first-order valence-corrected chi connectivity index (χ1v) is 6.10.